The van der Waals surface area contributed by atoms with Crippen molar-refractivity contribution in [1.82, 2.24) is 0 Å². The predicted molar refractivity (Wildman–Crippen MR) is 80.2 cm³/mol. The van der Waals surface area contributed by atoms with Crippen LogP contribution < -0.4 is 0 Å². The van der Waals surface area contributed by atoms with E-state index in [9.17, 15) is 4.79 Å². The molecule has 20 heavy (non-hydrogen) atoms. The van der Waals surface area contributed by atoms with E-state index in [2.05, 4.69) is 0 Å². The number of ketones is 1. The smallest absolute Gasteiger partial charge is 0.194 e. The average molecular weight is 280 g/mol. The van der Waals surface area contributed by atoms with E-state index in [1.54, 1.807) is 11.3 Å². The average Bonchev–Trinajstić information content (AvgIpc) is 3.12. The van der Waals surface area contributed by atoms with Crippen molar-refractivity contribution in [3.05, 3.63) is 70.1 Å². The van der Waals surface area contributed by atoms with Crippen LogP contribution in [0.25, 0.3) is 10.1 Å². The number of thiophene rings is 1. The highest BCUT2D eigenvalue weighted by molar-refractivity contribution is 7.17. The van der Waals surface area contributed by atoms with Gasteiger partial charge in [-0.3, -0.25) is 4.79 Å². The van der Waals surface area contributed by atoms with Gasteiger partial charge in [0.25, 0.3) is 0 Å². The maximum atomic E-state index is 12.7. The lowest BCUT2D eigenvalue weighted by Crippen LogP contribution is -2.01. The summed E-state index contributed by atoms with van der Waals surface area (Å²) in [6, 6.07) is 13.9. The first kappa shape index (κ1) is 11.8. The van der Waals surface area contributed by atoms with Gasteiger partial charge in [0.05, 0.1) is 13.2 Å². The minimum absolute atomic E-state index is 0.0946. The molecule has 0 amide bonds. The second kappa shape index (κ2) is 4.54. The van der Waals surface area contributed by atoms with Crippen molar-refractivity contribution in [3.63, 3.8) is 0 Å². The van der Waals surface area contributed by atoms with Crippen LogP contribution in [0.15, 0.2) is 47.8 Å². The summed E-state index contributed by atoms with van der Waals surface area (Å²) in [5, 5.41) is 3.00. The molecule has 1 aliphatic heterocycles. The fraction of sp³-hybridized carbons (Fsp3) is 0.118. The van der Waals surface area contributed by atoms with Crippen LogP contribution in [0.3, 0.4) is 0 Å². The number of rotatable bonds is 2. The molecule has 1 aromatic heterocycles. The largest absolute Gasteiger partial charge is 0.372 e. The Morgan fingerprint density at radius 1 is 1.05 bits per heavy atom. The lowest BCUT2D eigenvalue weighted by Gasteiger charge is -2.03. The Bertz CT molecular complexity index is 817. The van der Waals surface area contributed by atoms with Crippen molar-refractivity contribution in [2.45, 2.75) is 13.2 Å². The van der Waals surface area contributed by atoms with Gasteiger partial charge < -0.3 is 4.74 Å². The Morgan fingerprint density at radius 3 is 2.85 bits per heavy atom. The van der Waals surface area contributed by atoms with Gasteiger partial charge in [0.15, 0.2) is 5.78 Å². The molecule has 0 fully saturated rings. The van der Waals surface area contributed by atoms with E-state index in [1.165, 1.54) is 5.56 Å². The monoisotopic (exact) mass is 280 g/mol. The highest BCUT2D eigenvalue weighted by Crippen LogP contribution is 2.29. The van der Waals surface area contributed by atoms with Gasteiger partial charge in [-0.1, -0.05) is 30.3 Å². The standard InChI is InChI=1S/C17H12O2S/c18-17(11-5-6-12-8-19-9-13(12)7-11)15-10-20-16-4-2-1-3-14(15)16/h1-7,10H,8-9H2. The number of ether oxygens (including phenoxy) is 1. The molecule has 1 aliphatic rings. The van der Waals surface area contributed by atoms with E-state index in [0.29, 0.717) is 13.2 Å². The molecule has 0 saturated heterocycles. The predicted octanol–water partition coefficient (Wildman–Crippen LogP) is 4.16. The summed E-state index contributed by atoms with van der Waals surface area (Å²) < 4.78 is 6.55. The molecule has 2 aromatic carbocycles. The van der Waals surface area contributed by atoms with Crippen LogP contribution in [0, 0.1) is 0 Å². The Labute approximate surface area is 120 Å². The summed E-state index contributed by atoms with van der Waals surface area (Å²) >= 11 is 1.62. The molecule has 0 saturated carbocycles. The third-order valence-electron chi connectivity index (χ3n) is 3.71. The summed E-state index contributed by atoms with van der Waals surface area (Å²) in [6.45, 7) is 1.27. The molecule has 0 bridgehead atoms. The molecular formula is C17H12O2S. The molecular weight excluding hydrogens is 268 g/mol. The SMILES string of the molecule is O=C(c1ccc2c(c1)COC2)c1csc2ccccc12. The Balaban J connectivity index is 1.80. The third kappa shape index (κ3) is 1.79. The first-order valence-corrected chi connectivity index (χ1v) is 7.41. The van der Waals surface area contributed by atoms with Crippen LogP contribution in [0.1, 0.15) is 27.0 Å². The molecule has 2 heterocycles. The van der Waals surface area contributed by atoms with Crippen LogP contribution in [-0.2, 0) is 18.0 Å². The van der Waals surface area contributed by atoms with Gasteiger partial charge in [0.2, 0.25) is 0 Å². The summed E-state index contributed by atoms with van der Waals surface area (Å²) in [4.78, 5) is 12.7. The number of fused-ring (bicyclic) bond motifs is 2. The first-order valence-electron chi connectivity index (χ1n) is 6.53. The lowest BCUT2D eigenvalue weighted by atomic mass is 9.99. The molecule has 4 rings (SSSR count). The fourth-order valence-corrected chi connectivity index (χ4v) is 3.56. The Hall–Kier alpha value is -1.97. The minimum atomic E-state index is 0.0946. The molecule has 3 heteroatoms. The van der Waals surface area contributed by atoms with Crippen LogP contribution in [0.5, 0.6) is 0 Å². The zero-order valence-corrected chi connectivity index (χ0v) is 11.6. The van der Waals surface area contributed by atoms with Gasteiger partial charge in [0.1, 0.15) is 0 Å². The zero-order chi connectivity index (χ0) is 13.5. The molecule has 0 atom stereocenters. The number of carbonyl (C=O) groups excluding carboxylic acids is 1. The minimum Gasteiger partial charge on any atom is -0.372 e. The van der Waals surface area contributed by atoms with Crippen LogP contribution in [0.2, 0.25) is 0 Å². The van der Waals surface area contributed by atoms with Crippen molar-refractivity contribution in [1.29, 1.82) is 0 Å². The van der Waals surface area contributed by atoms with Crippen LogP contribution in [-0.4, -0.2) is 5.78 Å². The topological polar surface area (TPSA) is 26.3 Å². The highest BCUT2D eigenvalue weighted by Gasteiger charge is 2.17. The van der Waals surface area contributed by atoms with Crippen molar-refractivity contribution < 1.29 is 9.53 Å². The molecule has 3 aromatic rings. The van der Waals surface area contributed by atoms with Crippen molar-refractivity contribution in [2.24, 2.45) is 0 Å². The summed E-state index contributed by atoms with van der Waals surface area (Å²) in [5.41, 5.74) is 3.87. The van der Waals surface area contributed by atoms with E-state index < -0.39 is 0 Å². The third-order valence-corrected chi connectivity index (χ3v) is 4.67. The van der Waals surface area contributed by atoms with Crippen LogP contribution >= 0.6 is 11.3 Å². The molecule has 0 N–H and O–H groups in total. The number of carbonyl (C=O) groups is 1. The van der Waals surface area contributed by atoms with E-state index in [4.69, 9.17) is 4.74 Å². The molecule has 0 aliphatic carbocycles. The van der Waals surface area contributed by atoms with E-state index >= 15 is 0 Å². The van der Waals surface area contributed by atoms with E-state index in [0.717, 1.165) is 26.8 Å². The maximum Gasteiger partial charge on any atom is 0.194 e. The summed E-state index contributed by atoms with van der Waals surface area (Å²) in [5.74, 6) is 0.0946. The van der Waals surface area contributed by atoms with Gasteiger partial charge in [-0.25, -0.2) is 0 Å². The van der Waals surface area contributed by atoms with Gasteiger partial charge in [-0.15, -0.1) is 11.3 Å². The quantitative estimate of drug-likeness (QED) is 0.659. The molecule has 98 valence electrons. The molecule has 2 nitrogen and oxygen atoms in total. The van der Waals surface area contributed by atoms with Gasteiger partial charge in [-0.05, 0) is 23.3 Å². The first-order chi connectivity index (χ1) is 9.83. The van der Waals surface area contributed by atoms with Gasteiger partial charge >= 0.3 is 0 Å². The number of hydrogen-bond acceptors (Lipinski definition) is 3. The Kier molecular flexibility index (Phi) is 2.69. The summed E-state index contributed by atoms with van der Waals surface area (Å²) in [7, 11) is 0. The normalized spacial score (nSPS) is 13.6. The van der Waals surface area contributed by atoms with Crippen molar-refractivity contribution >= 4 is 27.2 Å². The molecule has 0 spiro atoms. The lowest BCUT2D eigenvalue weighted by molar-refractivity contribution is 0.104. The molecule has 0 radical (unpaired) electrons. The second-order valence-corrected chi connectivity index (χ2v) is 5.86. The zero-order valence-electron chi connectivity index (χ0n) is 10.8. The number of benzene rings is 2. The maximum absolute atomic E-state index is 12.7. The van der Waals surface area contributed by atoms with Crippen LogP contribution in [0.4, 0.5) is 0 Å². The second-order valence-electron chi connectivity index (χ2n) is 4.95. The Morgan fingerprint density at radius 2 is 1.90 bits per heavy atom. The molecule has 0 unspecified atom stereocenters. The van der Waals surface area contributed by atoms with E-state index in [-0.39, 0.29) is 5.78 Å². The van der Waals surface area contributed by atoms with Crippen molar-refractivity contribution in [3.8, 4) is 0 Å². The van der Waals surface area contributed by atoms with Gasteiger partial charge in [0, 0.05) is 26.6 Å². The van der Waals surface area contributed by atoms with Gasteiger partial charge in [-0.2, -0.15) is 0 Å². The summed E-state index contributed by atoms with van der Waals surface area (Å²) in [6.07, 6.45) is 0. The highest BCUT2D eigenvalue weighted by atomic mass is 32.1. The number of hydrogen-bond donors (Lipinski definition) is 0. The van der Waals surface area contributed by atoms with Crippen molar-refractivity contribution in [2.75, 3.05) is 0 Å². The fourth-order valence-electron chi connectivity index (χ4n) is 2.62. The van der Waals surface area contributed by atoms with E-state index in [1.807, 2.05) is 47.8 Å².